The minimum Gasteiger partial charge on any atom is -0.443 e. The molecule has 0 N–H and O–H groups in total. The monoisotopic (exact) mass is 1030 g/mol. The van der Waals surface area contributed by atoms with Crippen molar-refractivity contribution >= 4 is 11.7 Å². The van der Waals surface area contributed by atoms with E-state index in [2.05, 4.69) is 109 Å². The van der Waals surface area contributed by atoms with Crippen LogP contribution in [-0.2, 0) is 12.8 Å². The Morgan fingerprint density at radius 3 is 1.04 bits per heavy atom. The predicted molar refractivity (Wildman–Crippen MR) is 317 cm³/mol. The van der Waals surface area contributed by atoms with Crippen LogP contribution in [0.3, 0.4) is 0 Å². The van der Waals surface area contributed by atoms with Gasteiger partial charge in [0.2, 0.25) is 5.88 Å². The highest BCUT2D eigenvalue weighted by atomic mass is 16.5. The molecule has 0 bridgehead atoms. The van der Waals surface area contributed by atoms with Gasteiger partial charge >= 0.3 is 12.0 Å². The highest BCUT2D eigenvalue weighted by molar-refractivity contribution is 5.96. The number of amidine groups is 1. The molecule has 0 aliphatic heterocycles. The van der Waals surface area contributed by atoms with E-state index in [0.717, 1.165) is 66.8 Å². The average Bonchev–Trinajstić information content (AvgIpc) is 3.49. The Bertz CT molecular complexity index is 3740. The first-order valence-electron chi connectivity index (χ1n) is 26.0. The Labute approximate surface area is 460 Å². The predicted octanol–water partition coefficient (Wildman–Crippen LogP) is 17.4. The van der Waals surface area contributed by atoms with Crippen molar-refractivity contribution in [3.8, 4) is 90.7 Å². The number of nitrogens with zero attached hydrogens (tertiary/aromatic N) is 5. The highest BCUT2D eigenvalue weighted by Gasteiger charge is 2.14. The second-order valence-corrected chi connectivity index (χ2v) is 18.6. The normalized spacial score (nSPS) is 11.4. The van der Waals surface area contributed by atoms with Crippen LogP contribution in [0.15, 0.2) is 289 Å². The fraction of sp³-hybridized carbons (Fsp3) is 0.0429. The standard InChI is InChI=1S/C70H53N5O4/c1-49(76-63-39-31-59(32-40-63)54-17-9-4-10-18-54)71-67(47-51-23-27-57(28-24-51)53-15-7-3-8-16-53)72-50(2)77-64-41-33-62(34-42-64)58-29-25-52(26-30-58)48-68-73-69(78-65-43-35-60(36-44-65)55-19-11-5-12-20-55)75-70(74-68)79-66-45-37-61(38-46-66)56-21-13-6-14-22-56/h3-46H,2,47-48H2,1H3. The third-order valence-electron chi connectivity index (χ3n) is 12.9. The Balaban J connectivity index is 0.774. The van der Waals surface area contributed by atoms with E-state index >= 15 is 0 Å². The van der Waals surface area contributed by atoms with Crippen molar-refractivity contribution in [2.45, 2.75) is 19.8 Å². The lowest BCUT2D eigenvalue weighted by Gasteiger charge is -2.11. The third-order valence-corrected chi connectivity index (χ3v) is 12.9. The summed E-state index contributed by atoms with van der Waals surface area (Å²) in [7, 11) is 0. The van der Waals surface area contributed by atoms with Crippen LogP contribution >= 0.6 is 0 Å². The molecule has 11 rings (SSSR count). The molecule has 0 saturated carbocycles. The molecule has 9 heteroatoms. The number of hydrogen-bond acceptors (Lipinski definition) is 8. The smallest absolute Gasteiger partial charge is 0.328 e. The van der Waals surface area contributed by atoms with Gasteiger partial charge in [-0.1, -0.05) is 218 Å². The molecule has 11 aromatic rings. The number of ether oxygens (including phenoxy) is 4. The average molecular weight is 1030 g/mol. The Morgan fingerprint density at radius 1 is 0.342 bits per heavy atom. The first-order valence-corrected chi connectivity index (χ1v) is 26.0. The van der Waals surface area contributed by atoms with Crippen molar-refractivity contribution in [1.82, 2.24) is 15.0 Å². The summed E-state index contributed by atoms with van der Waals surface area (Å²) in [4.78, 5) is 23.7. The molecule has 0 amide bonds. The Kier molecular flexibility index (Phi) is 15.7. The lowest BCUT2D eigenvalue weighted by atomic mass is 10.0. The van der Waals surface area contributed by atoms with Crippen LogP contribution in [0.5, 0.6) is 35.0 Å². The van der Waals surface area contributed by atoms with E-state index in [1.807, 2.05) is 177 Å². The molecule has 9 nitrogen and oxygen atoms in total. The fourth-order valence-electron chi connectivity index (χ4n) is 8.92. The van der Waals surface area contributed by atoms with Crippen molar-refractivity contribution in [3.63, 3.8) is 0 Å². The van der Waals surface area contributed by atoms with Crippen molar-refractivity contribution < 1.29 is 18.9 Å². The first-order chi connectivity index (χ1) is 38.9. The molecular weight excluding hydrogens is 975 g/mol. The highest BCUT2D eigenvalue weighted by Crippen LogP contribution is 2.30. The molecule has 0 aliphatic carbocycles. The summed E-state index contributed by atoms with van der Waals surface area (Å²) in [5.74, 6) is 4.04. The first kappa shape index (κ1) is 50.6. The SMILES string of the molecule is C=C(N=C(Cc1ccc(-c2ccccc2)cc1)N=C(C)Oc1ccc(-c2ccccc2)cc1)Oc1ccc(-c2ccc(Cc3nc(Oc4ccc(-c5ccccc5)cc4)nc(Oc4ccc(-c5ccccc5)cc4)n3)cc2)cc1. The van der Waals surface area contributed by atoms with Gasteiger partial charge in [0.05, 0.1) is 0 Å². The lowest BCUT2D eigenvalue weighted by Crippen LogP contribution is -2.10. The van der Waals surface area contributed by atoms with Gasteiger partial charge in [0, 0.05) is 19.8 Å². The minimum absolute atomic E-state index is 0.128. The summed E-state index contributed by atoms with van der Waals surface area (Å²) in [6, 6.07) is 89.3. The van der Waals surface area contributed by atoms with Crippen LogP contribution in [0, 0.1) is 0 Å². The zero-order valence-electron chi connectivity index (χ0n) is 43.4. The van der Waals surface area contributed by atoms with E-state index in [0.29, 0.717) is 53.4 Å². The number of rotatable bonds is 17. The van der Waals surface area contributed by atoms with E-state index in [4.69, 9.17) is 38.9 Å². The van der Waals surface area contributed by atoms with Gasteiger partial charge in [0.15, 0.2) is 5.90 Å². The van der Waals surface area contributed by atoms with Crippen LogP contribution in [-0.4, -0.2) is 26.7 Å². The maximum atomic E-state index is 6.25. The third kappa shape index (κ3) is 13.7. The van der Waals surface area contributed by atoms with Gasteiger partial charge in [0.25, 0.3) is 0 Å². The molecule has 0 aliphatic rings. The number of hydrogen-bond donors (Lipinski definition) is 0. The van der Waals surface area contributed by atoms with Gasteiger partial charge in [-0.3, -0.25) is 0 Å². The molecule has 10 aromatic carbocycles. The molecule has 0 radical (unpaired) electrons. The second kappa shape index (κ2) is 24.4. The fourth-order valence-corrected chi connectivity index (χ4v) is 8.92. The molecular formula is C70H53N5O4. The van der Waals surface area contributed by atoms with Crippen molar-refractivity contribution in [1.29, 1.82) is 0 Å². The van der Waals surface area contributed by atoms with E-state index < -0.39 is 0 Å². The van der Waals surface area contributed by atoms with Crippen molar-refractivity contribution in [2.75, 3.05) is 0 Å². The lowest BCUT2D eigenvalue weighted by molar-refractivity contribution is 0.393. The maximum Gasteiger partial charge on any atom is 0.328 e. The molecule has 1 aromatic heterocycles. The molecule has 0 unspecified atom stereocenters. The molecule has 79 heavy (non-hydrogen) atoms. The van der Waals surface area contributed by atoms with Crippen molar-refractivity contribution in [2.24, 2.45) is 9.98 Å². The number of benzene rings is 10. The van der Waals surface area contributed by atoms with Crippen LogP contribution in [0.2, 0.25) is 0 Å². The molecule has 0 atom stereocenters. The zero-order valence-corrected chi connectivity index (χ0v) is 43.4. The summed E-state index contributed by atoms with van der Waals surface area (Å²) in [6.45, 7) is 5.99. The summed E-state index contributed by atoms with van der Waals surface area (Å²) in [5, 5.41) is 0. The van der Waals surface area contributed by atoms with Crippen LogP contribution < -0.4 is 18.9 Å². The maximum absolute atomic E-state index is 6.25. The van der Waals surface area contributed by atoms with Crippen molar-refractivity contribution in [3.05, 3.63) is 296 Å². The quantitative estimate of drug-likeness (QED) is 0.0509. The molecule has 0 fully saturated rings. The van der Waals surface area contributed by atoms with Gasteiger partial charge in [0.1, 0.15) is 34.7 Å². The van der Waals surface area contributed by atoms with Crippen LogP contribution in [0.25, 0.3) is 55.6 Å². The van der Waals surface area contributed by atoms with E-state index in [-0.39, 0.29) is 17.9 Å². The Hall–Kier alpha value is -10.5. The topological polar surface area (TPSA) is 100 Å². The summed E-state index contributed by atoms with van der Waals surface area (Å²) < 4.78 is 24.9. The molecule has 382 valence electrons. The van der Waals surface area contributed by atoms with Gasteiger partial charge in [-0.15, -0.1) is 4.98 Å². The van der Waals surface area contributed by atoms with Gasteiger partial charge < -0.3 is 18.9 Å². The van der Waals surface area contributed by atoms with E-state index in [9.17, 15) is 0 Å². The summed E-state index contributed by atoms with van der Waals surface area (Å²) in [5.41, 5.74) is 12.9. The summed E-state index contributed by atoms with van der Waals surface area (Å²) >= 11 is 0. The summed E-state index contributed by atoms with van der Waals surface area (Å²) in [6.07, 6.45) is 0.828. The molecule has 1 heterocycles. The molecule has 0 saturated heterocycles. The largest absolute Gasteiger partial charge is 0.443 e. The van der Waals surface area contributed by atoms with E-state index in [1.165, 1.54) is 0 Å². The van der Waals surface area contributed by atoms with Crippen LogP contribution in [0.1, 0.15) is 23.9 Å². The van der Waals surface area contributed by atoms with Gasteiger partial charge in [-0.05, 0) is 122 Å². The minimum atomic E-state index is 0.128. The second-order valence-electron chi connectivity index (χ2n) is 18.6. The number of aliphatic imine (C=N–C) groups is 2. The van der Waals surface area contributed by atoms with Crippen LogP contribution in [0.4, 0.5) is 0 Å². The van der Waals surface area contributed by atoms with Gasteiger partial charge in [-0.25, -0.2) is 4.99 Å². The molecule has 0 spiro atoms. The van der Waals surface area contributed by atoms with Gasteiger partial charge in [-0.2, -0.15) is 15.0 Å². The Morgan fingerprint density at radius 2 is 0.658 bits per heavy atom. The zero-order chi connectivity index (χ0) is 53.6. The van der Waals surface area contributed by atoms with E-state index in [1.54, 1.807) is 0 Å². The number of aromatic nitrogens is 3.